The number of aryl methyl sites for hydroxylation is 1. The summed E-state index contributed by atoms with van der Waals surface area (Å²) in [7, 11) is 1.44. The van der Waals surface area contributed by atoms with Gasteiger partial charge in [-0.25, -0.2) is 4.21 Å². The molecule has 1 aromatic rings. The molecule has 0 aliphatic carbocycles. The summed E-state index contributed by atoms with van der Waals surface area (Å²) in [6.07, 6.45) is 0.906. The summed E-state index contributed by atoms with van der Waals surface area (Å²) in [6.45, 7) is 3.49. The predicted octanol–water partition coefficient (Wildman–Crippen LogP) is 1.61. The van der Waals surface area contributed by atoms with Gasteiger partial charge in [-0.05, 0) is 31.0 Å². The van der Waals surface area contributed by atoms with Crippen LogP contribution in [0.5, 0.6) is 0 Å². The zero-order valence-corrected chi connectivity index (χ0v) is 11.4. The Kier molecular flexibility index (Phi) is 5.46. The average Bonchev–Trinajstić information content (AvgIpc) is 2.37. The van der Waals surface area contributed by atoms with Crippen molar-refractivity contribution in [2.45, 2.75) is 31.2 Å². The van der Waals surface area contributed by atoms with Crippen molar-refractivity contribution in [1.82, 2.24) is 5.06 Å². The Balaban J connectivity index is 2.67. The van der Waals surface area contributed by atoms with E-state index >= 15 is 0 Å². The molecular formula is C12H17NO4S. The molecule has 0 aliphatic rings. The van der Waals surface area contributed by atoms with E-state index in [1.54, 1.807) is 12.1 Å². The number of carbonyl (C=O) groups is 1. The van der Waals surface area contributed by atoms with Crippen molar-refractivity contribution >= 4 is 17.0 Å². The Bertz CT molecular complexity index is 432. The van der Waals surface area contributed by atoms with Crippen molar-refractivity contribution in [3.63, 3.8) is 0 Å². The van der Waals surface area contributed by atoms with Crippen LogP contribution < -0.4 is 0 Å². The molecule has 0 saturated carbocycles. The molecule has 2 atom stereocenters. The Hall–Kier alpha value is -1.24. The molecule has 0 fully saturated rings. The zero-order chi connectivity index (χ0) is 13.7. The van der Waals surface area contributed by atoms with E-state index in [4.69, 9.17) is 9.39 Å². The van der Waals surface area contributed by atoms with Crippen LogP contribution in [0.25, 0.3) is 0 Å². The normalized spacial score (nSPS) is 14.4. The van der Waals surface area contributed by atoms with Crippen LogP contribution in [0.3, 0.4) is 0 Å². The Labute approximate surface area is 109 Å². The number of carboxylic acids is 1. The lowest BCUT2D eigenvalue weighted by Crippen LogP contribution is -2.36. The third-order valence-corrected chi connectivity index (χ3v) is 3.64. The summed E-state index contributed by atoms with van der Waals surface area (Å²) in [6, 6.07) is 6.32. The largest absolute Gasteiger partial charge is 0.480 e. The molecule has 0 bridgehead atoms. The van der Waals surface area contributed by atoms with Gasteiger partial charge in [0.15, 0.2) is 0 Å². The maximum atomic E-state index is 11.8. The van der Waals surface area contributed by atoms with Crippen LogP contribution >= 0.6 is 0 Å². The van der Waals surface area contributed by atoms with Crippen LogP contribution in [0.15, 0.2) is 29.2 Å². The molecule has 0 aliphatic heterocycles. The fourth-order valence-corrected chi connectivity index (χ4v) is 1.99. The van der Waals surface area contributed by atoms with Crippen molar-refractivity contribution in [2.24, 2.45) is 0 Å². The Morgan fingerprint density at radius 2 is 2.00 bits per heavy atom. The summed E-state index contributed by atoms with van der Waals surface area (Å²) >= 11 is -1.70. The van der Waals surface area contributed by atoms with Crippen molar-refractivity contribution in [3.05, 3.63) is 29.8 Å². The third kappa shape index (κ3) is 3.90. The van der Waals surface area contributed by atoms with Crippen molar-refractivity contribution in [2.75, 3.05) is 7.05 Å². The molecule has 0 radical (unpaired) electrons. The highest BCUT2D eigenvalue weighted by Crippen LogP contribution is 2.12. The topological polar surface area (TPSA) is 66.8 Å². The van der Waals surface area contributed by atoms with Crippen molar-refractivity contribution in [3.8, 4) is 0 Å². The molecular weight excluding hydrogens is 254 g/mol. The van der Waals surface area contributed by atoms with E-state index < -0.39 is 23.1 Å². The molecule has 18 heavy (non-hydrogen) atoms. The van der Waals surface area contributed by atoms with Crippen LogP contribution in [-0.2, 0) is 26.6 Å². The molecule has 1 N–H and O–H groups in total. The quantitative estimate of drug-likeness (QED) is 0.796. The average molecular weight is 271 g/mol. The monoisotopic (exact) mass is 271 g/mol. The number of aliphatic carboxylic acids is 1. The molecule has 5 nitrogen and oxygen atoms in total. The molecule has 1 aromatic carbocycles. The lowest BCUT2D eigenvalue weighted by molar-refractivity contribution is -0.153. The highest BCUT2D eigenvalue weighted by atomic mass is 32.2. The van der Waals surface area contributed by atoms with Gasteiger partial charge in [0.25, 0.3) is 0 Å². The molecule has 1 rings (SSSR count). The summed E-state index contributed by atoms with van der Waals surface area (Å²) in [5.41, 5.74) is 1.14. The highest BCUT2D eigenvalue weighted by Gasteiger charge is 2.20. The maximum Gasteiger partial charge on any atom is 0.323 e. The minimum absolute atomic E-state index is 0.511. The van der Waals surface area contributed by atoms with Crippen LogP contribution in [0, 0.1) is 0 Å². The van der Waals surface area contributed by atoms with Gasteiger partial charge in [-0.15, -0.1) is 0 Å². The molecule has 2 unspecified atom stereocenters. The summed E-state index contributed by atoms with van der Waals surface area (Å²) < 4.78 is 16.9. The van der Waals surface area contributed by atoms with Gasteiger partial charge in [-0.2, -0.15) is 9.35 Å². The van der Waals surface area contributed by atoms with Crippen LogP contribution in [0.2, 0.25) is 0 Å². The van der Waals surface area contributed by atoms with E-state index in [0.29, 0.717) is 4.90 Å². The van der Waals surface area contributed by atoms with Crippen LogP contribution in [0.4, 0.5) is 0 Å². The zero-order valence-electron chi connectivity index (χ0n) is 10.6. The Morgan fingerprint density at radius 3 is 2.44 bits per heavy atom. The molecule has 100 valence electrons. The molecule has 0 spiro atoms. The fourth-order valence-electron chi connectivity index (χ4n) is 1.21. The summed E-state index contributed by atoms with van der Waals surface area (Å²) in [5.74, 6) is -1.03. The number of rotatable bonds is 6. The lowest BCUT2D eigenvalue weighted by atomic mass is 10.2. The van der Waals surface area contributed by atoms with E-state index in [1.165, 1.54) is 14.0 Å². The minimum Gasteiger partial charge on any atom is -0.480 e. The first kappa shape index (κ1) is 14.8. The second kappa shape index (κ2) is 6.63. The van der Waals surface area contributed by atoms with Gasteiger partial charge in [0.1, 0.15) is 6.04 Å². The van der Waals surface area contributed by atoms with E-state index in [-0.39, 0.29) is 0 Å². The third-order valence-electron chi connectivity index (χ3n) is 2.61. The second-order valence-electron chi connectivity index (χ2n) is 3.87. The van der Waals surface area contributed by atoms with Gasteiger partial charge in [0, 0.05) is 7.05 Å². The fraction of sp³-hybridized carbons (Fsp3) is 0.417. The smallest absolute Gasteiger partial charge is 0.323 e. The predicted molar refractivity (Wildman–Crippen MR) is 68.2 cm³/mol. The van der Waals surface area contributed by atoms with Crippen LogP contribution in [0.1, 0.15) is 19.4 Å². The molecule has 0 saturated heterocycles. The number of benzene rings is 1. The Morgan fingerprint density at radius 1 is 1.44 bits per heavy atom. The number of nitrogens with zero attached hydrogens (tertiary/aromatic N) is 1. The van der Waals surface area contributed by atoms with Gasteiger partial charge in [0.05, 0.1) is 4.90 Å². The van der Waals surface area contributed by atoms with Crippen LogP contribution in [-0.4, -0.2) is 33.4 Å². The van der Waals surface area contributed by atoms with Gasteiger partial charge >= 0.3 is 5.97 Å². The number of hydrogen-bond acceptors (Lipinski definition) is 4. The van der Waals surface area contributed by atoms with Gasteiger partial charge in [-0.3, -0.25) is 4.79 Å². The van der Waals surface area contributed by atoms with E-state index in [0.717, 1.165) is 17.0 Å². The molecule has 0 amide bonds. The number of hydrogen-bond donors (Lipinski definition) is 1. The first-order chi connectivity index (χ1) is 8.45. The number of likely N-dealkylation sites (N-methyl/N-ethyl adjacent to an activating group) is 1. The molecule has 0 aromatic heterocycles. The van der Waals surface area contributed by atoms with E-state index in [2.05, 4.69) is 0 Å². The molecule has 6 heteroatoms. The standard InChI is InChI=1S/C12H17NO4S/c1-4-10-5-7-11(8-6-10)18(16)17-13(3)9(2)12(14)15/h5-9H,4H2,1-3H3,(H,14,15). The van der Waals surface area contributed by atoms with Gasteiger partial charge < -0.3 is 5.11 Å². The second-order valence-corrected chi connectivity index (χ2v) is 4.96. The number of carboxylic acid groups (broad SMARTS) is 1. The number of hydroxylamine groups is 2. The van der Waals surface area contributed by atoms with Gasteiger partial charge in [-0.1, -0.05) is 19.1 Å². The SMILES string of the molecule is CCc1ccc(S(=O)ON(C)C(C)C(=O)O)cc1. The first-order valence-electron chi connectivity index (χ1n) is 5.60. The minimum atomic E-state index is -1.70. The van der Waals surface area contributed by atoms with Crippen molar-refractivity contribution in [1.29, 1.82) is 0 Å². The van der Waals surface area contributed by atoms with Gasteiger partial charge in [0.2, 0.25) is 11.1 Å². The van der Waals surface area contributed by atoms with E-state index in [1.807, 2.05) is 19.1 Å². The molecule has 0 heterocycles. The maximum absolute atomic E-state index is 11.8. The van der Waals surface area contributed by atoms with E-state index in [9.17, 15) is 9.00 Å². The van der Waals surface area contributed by atoms with Crippen molar-refractivity contribution < 1.29 is 18.4 Å². The summed E-state index contributed by atoms with van der Waals surface area (Å²) in [5, 5.41) is 9.86. The highest BCUT2D eigenvalue weighted by molar-refractivity contribution is 7.80. The lowest BCUT2D eigenvalue weighted by Gasteiger charge is -2.19. The first-order valence-corrected chi connectivity index (χ1v) is 6.68. The summed E-state index contributed by atoms with van der Waals surface area (Å²) in [4.78, 5) is 11.2.